The molecule has 0 N–H and O–H groups in total. The van der Waals surface area contributed by atoms with Gasteiger partial charge in [0.05, 0.1) is 0 Å². The Balaban J connectivity index is 6.31. The molecule has 0 amide bonds. The van der Waals surface area contributed by atoms with Gasteiger partial charge < -0.3 is 0 Å². The van der Waals surface area contributed by atoms with E-state index in [0.29, 0.717) is 15.5 Å². The van der Waals surface area contributed by atoms with E-state index in [1.54, 1.807) is 0 Å². The number of hydrogen-bond acceptors (Lipinski definition) is 0. The third kappa shape index (κ3) is 2.03. The Bertz CT molecular complexity index is 226. The van der Waals surface area contributed by atoms with Gasteiger partial charge in [-0.15, -0.1) is 0 Å². The van der Waals surface area contributed by atoms with E-state index in [4.69, 9.17) is 0 Å². The second kappa shape index (κ2) is 4.50. The van der Waals surface area contributed by atoms with Crippen molar-refractivity contribution >= 4 is 44.4 Å². The van der Waals surface area contributed by atoms with E-state index in [1.165, 1.54) is 0 Å². The van der Waals surface area contributed by atoms with Crippen molar-refractivity contribution in [3.8, 4) is 0 Å². The Kier molecular flexibility index (Phi) is 5.05. The minimum absolute atomic E-state index is 0.0185. The predicted molar refractivity (Wildman–Crippen MR) is 91.8 cm³/mol. The van der Waals surface area contributed by atoms with Crippen LogP contribution < -0.4 is 0 Å². The quantitative estimate of drug-likeness (QED) is 0.252. The summed E-state index contributed by atoms with van der Waals surface area (Å²) in [5.74, 6) is 0. The summed E-state index contributed by atoms with van der Waals surface area (Å²) in [6.45, 7) is 22.4. The molecule has 0 aromatic heterocycles. The van der Waals surface area contributed by atoms with Crippen LogP contribution in [0.1, 0.15) is 62.3 Å². The molecule has 0 radical (unpaired) electrons. The fraction of sp³-hybridized carbons (Fsp3) is 1.00. The van der Waals surface area contributed by atoms with E-state index < -0.39 is 1.94 Å². The fourth-order valence-electron chi connectivity index (χ4n) is 3.84. The summed E-state index contributed by atoms with van der Waals surface area (Å²) in [6, 6.07) is 0. The molecule has 0 fully saturated rings. The molecule has 0 saturated heterocycles. The first-order valence-corrected chi connectivity index (χ1v) is 16.3. The number of rotatable bonds is 1. The van der Waals surface area contributed by atoms with Crippen molar-refractivity contribution in [1.82, 2.24) is 0 Å². The summed E-state index contributed by atoms with van der Waals surface area (Å²) >= 11 is 3.00. The van der Waals surface area contributed by atoms with Crippen LogP contribution in [0.4, 0.5) is 0 Å². The van der Waals surface area contributed by atoms with Crippen LogP contribution in [0.25, 0.3) is 0 Å². The topological polar surface area (TPSA) is 0 Å². The van der Waals surface area contributed by atoms with Gasteiger partial charge >= 0.3 is 127 Å². The van der Waals surface area contributed by atoms with Crippen LogP contribution in [0.15, 0.2) is 0 Å². The number of halogens is 1. The molecule has 0 aliphatic rings. The number of hydrogen-bond donors (Lipinski definition) is 0. The molecule has 0 heterocycles. The van der Waals surface area contributed by atoms with Crippen molar-refractivity contribution < 1.29 is 0 Å². The molecule has 0 bridgehead atoms. The van der Waals surface area contributed by atoms with Crippen LogP contribution in [0.3, 0.4) is 0 Å². The van der Waals surface area contributed by atoms with Gasteiger partial charge in [-0.05, 0) is 0 Å². The third-order valence-corrected chi connectivity index (χ3v) is 52.7. The van der Waals surface area contributed by atoms with Gasteiger partial charge in [0.25, 0.3) is 0 Å². The second-order valence-corrected chi connectivity index (χ2v) is 35.1. The van der Waals surface area contributed by atoms with Crippen LogP contribution in [0.2, 0.25) is 4.97 Å². The SMILES string of the molecule is C[Te]P(I)(C(C)(C)C)(C(C)(C)C)C(C)(C)C. The third-order valence-electron chi connectivity index (χ3n) is 3.94. The Hall–Kier alpha value is 1.95. The fourth-order valence-corrected chi connectivity index (χ4v) is 25.6. The first-order valence-electron chi connectivity index (χ1n) is 5.93. The zero-order valence-corrected chi connectivity index (χ0v) is 18.1. The summed E-state index contributed by atoms with van der Waals surface area (Å²) in [7, 11) is 0. The van der Waals surface area contributed by atoms with Crippen molar-refractivity contribution in [3.05, 3.63) is 0 Å². The molecule has 0 aliphatic carbocycles. The summed E-state index contributed by atoms with van der Waals surface area (Å²) < 4.78 is -1.77. The zero-order valence-electron chi connectivity index (χ0n) is 12.7. The average molecular weight is 472 g/mol. The Morgan fingerprint density at radius 3 is 0.875 bits per heavy atom. The van der Waals surface area contributed by atoms with Crippen LogP contribution in [0.5, 0.6) is 0 Å². The summed E-state index contributed by atoms with van der Waals surface area (Å²) in [5, 5.41) is 1.33. The zero-order chi connectivity index (χ0) is 13.7. The minimum atomic E-state index is -1.77. The molecule has 0 aromatic rings. The monoisotopic (exact) mass is 474 g/mol. The van der Waals surface area contributed by atoms with E-state index in [-0.39, 0.29) is 20.4 Å². The van der Waals surface area contributed by atoms with Crippen molar-refractivity contribution in [2.75, 3.05) is 0 Å². The summed E-state index contributed by atoms with van der Waals surface area (Å²) in [4.78, 5) is 2.54. The predicted octanol–water partition coefficient (Wildman–Crippen LogP) is 5.95. The van der Waals surface area contributed by atoms with Crippen LogP contribution in [-0.2, 0) is 0 Å². The average Bonchev–Trinajstić information content (AvgIpc) is 1.95. The molecule has 100 valence electrons. The van der Waals surface area contributed by atoms with Crippen molar-refractivity contribution in [1.29, 1.82) is 0 Å². The van der Waals surface area contributed by atoms with E-state index in [1.807, 2.05) is 0 Å². The molecule has 0 nitrogen and oxygen atoms in total. The second-order valence-electron chi connectivity index (χ2n) is 7.63. The van der Waals surface area contributed by atoms with E-state index in [0.717, 1.165) is 0 Å². The normalized spacial score (nSPS) is 18.1. The molecule has 0 rings (SSSR count). The standard InChI is InChI=1S/C13H30IPTe/c1-11(2,3)15(14,16-10,12(4,5)6)13(7,8)9/h1-10H3. The van der Waals surface area contributed by atoms with Crippen LogP contribution >= 0.6 is 24.0 Å². The Morgan fingerprint density at radius 1 is 0.688 bits per heavy atom. The van der Waals surface area contributed by atoms with Crippen molar-refractivity contribution in [3.63, 3.8) is 0 Å². The molecule has 0 spiro atoms. The molecule has 0 aliphatic heterocycles. The molecule has 16 heavy (non-hydrogen) atoms. The molecule has 3 heteroatoms. The van der Waals surface area contributed by atoms with Gasteiger partial charge in [-0.1, -0.05) is 0 Å². The van der Waals surface area contributed by atoms with Gasteiger partial charge in [-0.2, -0.15) is 0 Å². The maximum absolute atomic E-state index is 2.98. The van der Waals surface area contributed by atoms with Crippen LogP contribution in [-0.4, -0.2) is 35.8 Å². The first-order chi connectivity index (χ1) is 6.64. The Morgan fingerprint density at radius 2 is 0.875 bits per heavy atom. The van der Waals surface area contributed by atoms with Gasteiger partial charge in [0, 0.05) is 0 Å². The van der Waals surface area contributed by atoms with Crippen molar-refractivity contribution in [2.24, 2.45) is 0 Å². The van der Waals surface area contributed by atoms with Gasteiger partial charge in [0.15, 0.2) is 0 Å². The maximum atomic E-state index is 2.98. The van der Waals surface area contributed by atoms with Crippen molar-refractivity contribution in [2.45, 2.75) is 82.8 Å². The molecule has 0 unspecified atom stereocenters. The van der Waals surface area contributed by atoms with E-state index in [2.05, 4.69) is 89.3 Å². The van der Waals surface area contributed by atoms with Gasteiger partial charge in [0.1, 0.15) is 0 Å². The van der Waals surface area contributed by atoms with E-state index in [9.17, 15) is 0 Å². The molecular formula is C13H30IPTe. The van der Waals surface area contributed by atoms with Gasteiger partial charge in [-0.3, -0.25) is 0 Å². The molecular weight excluding hydrogens is 442 g/mol. The first kappa shape index (κ1) is 17.9. The Labute approximate surface area is 126 Å². The molecule has 0 aromatic carbocycles. The van der Waals surface area contributed by atoms with E-state index >= 15 is 0 Å². The van der Waals surface area contributed by atoms with Crippen LogP contribution in [0, 0.1) is 0 Å². The molecule has 0 atom stereocenters. The summed E-state index contributed by atoms with van der Waals surface area (Å²) in [6.07, 6.45) is 0. The van der Waals surface area contributed by atoms with Gasteiger partial charge in [0.2, 0.25) is 0 Å². The summed E-state index contributed by atoms with van der Waals surface area (Å²) in [5.41, 5.74) is 0. The van der Waals surface area contributed by atoms with Gasteiger partial charge in [-0.25, -0.2) is 0 Å². The molecule has 0 saturated carbocycles.